The second-order valence-corrected chi connectivity index (χ2v) is 7.22. The summed E-state index contributed by atoms with van der Waals surface area (Å²) in [7, 11) is -3.81. The zero-order valence-electron chi connectivity index (χ0n) is 12.9. The summed E-state index contributed by atoms with van der Waals surface area (Å²) in [4.78, 5) is 10.1. The number of benzene rings is 2. The van der Waals surface area contributed by atoms with Gasteiger partial charge in [-0.15, -0.1) is 0 Å². The Hall–Kier alpha value is -2.45. The highest BCUT2D eigenvalue weighted by atomic mass is 32.2. The van der Waals surface area contributed by atoms with Crippen LogP contribution in [0, 0.1) is 10.1 Å². The van der Waals surface area contributed by atoms with Gasteiger partial charge in [0.25, 0.3) is 5.69 Å². The first-order valence-corrected chi connectivity index (χ1v) is 8.99. The van der Waals surface area contributed by atoms with Gasteiger partial charge in [-0.2, -0.15) is 0 Å². The van der Waals surface area contributed by atoms with E-state index in [0.717, 1.165) is 11.6 Å². The van der Waals surface area contributed by atoms with Gasteiger partial charge in [0.1, 0.15) is 0 Å². The van der Waals surface area contributed by atoms with Crippen LogP contribution in [0.25, 0.3) is 0 Å². The molecule has 0 aromatic heterocycles. The summed E-state index contributed by atoms with van der Waals surface area (Å²) in [5.74, 6) is -0.485. The van der Waals surface area contributed by atoms with Crippen LogP contribution >= 0.6 is 0 Å². The highest BCUT2D eigenvalue weighted by Gasteiger charge is 2.21. The third kappa shape index (κ3) is 4.53. The van der Waals surface area contributed by atoms with Crippen molar-refractivity contribution in [1.82, 2.24) is 0 Å². The van der Waals surface area contributed by atoms with E-state index in [0.29, 0.717) is 18.7 Å². The molecular formula is C16H18N2O5S. The molecule has 0 saturated heterocycles. The van der Waals surface area contributed by atoms with E-state index in [1.165, 1.54) is 12.1 Å². The fourth-order valence-electron chi connectivity index (χ4n) is 2.24. The molecule has 0 atom stereocenters. The molecule has 0 amide bonds. The molecule has 128 valence electrons. The number of aliphatic hydroxyl groups excluding tert-OH is 1. The van der Waals surface area contributed by atoms with E-state index in [1.54, 1.807) is 0 Å². The van der Waals surface area contributed by atoms with Crippen LogP contribution in [0.3, 0.4) is 0 Å². The zero-order chi connectivity index (χ0) is 17.6. The topological polar surface area (TPSA) is 110 Å². The van der Waals surface area contributed by atoms with Crippen molar-refractivity contribution >= 4 is 21.2 Å². The smallest absolute Gasteiger partial charge is 0.270 e. The number of nitrogens with one attached hydrogen (secondary N) is 1. The molecule has 0 aliphatic carbocycles. The first kappa shape index (κ1) is 17.9. The minimum Gasteiger partial charge on any atom is -0.395 e. The van der Waals surface area contributed by atoms with Crippen LogP contribution in [0.5, 0.6) is 0 Å². The van der Waals surface area contributed by atoms with Crippen molar-refractivity contribution in [2.24, 2.45) is 0 Å². The van der Waals surface area contributed by atoms with Crippen molar-refractivity contribution in [2.45, 2.75) is 11.3 Å². The van der Waals surface area contributed by atoms with Gasteiger partial charge in [0.15, 0.2) is 9.84 Å². The standard InChI is InChI=1S/C16H18N2O5S/c19-10-11-24(22,23)16-12-14(18(20)21)6-7-15(16)17-9-8-13-4-2-1-3-5-13/h1-7,12,17,19H,8-11H2. The largest absolute Gasteiger partial charge is 0.395 e. The Morgan fingerprint density at radius 2 is 1.83 bits per heavy atom. The molecule has 2 aromatic carbocycles. The summed E-state index contributed by atoms with van der Waals surface area (Å²) in [6.07, 6.45) is 0.678. The van der Waals surface area contributed by atoms with Crippen molar-refractivity contribution < 1.29 is 18.4 Å². The number of hydrogen-bond acceptors (Lipinski definition) is 6. The van der Waals surface area contributed by atoms with Crippen molar-refractivity contribution in [1.29, 1.82) is 0 Å². The van der Waals surface area contributed by atoms with Crippen LogP contribution in [-0.4, -0.2) is 37.4 Å². The van der Waals surface area contributed by atoms with Crippen LogP contribution in [0.1, 0.15) is 5.56 Å². The highest BCUT2D eigenvalue weighted by Crippen LogP contribution is 2.27. The molecule has 0 saturated carbocycles. The second kappa shape index (κ2) is 7.89. The molecule has 7 nitrogen and oxygen atoms in total. The number of nitrogens with zero attached hydrogens (tertiary/aromatic N) is 1. The molecule has 0 aliphatic rings. The molecule has 2 rings (SSSR count). The summed E-state index contributed by atoms with van der Waals surface area (Å²) in [5, 5.41) is 22.8. The number of rotatable bonds is 8. The zero-order valence-corrected chi connectivity index (χ0v) is 13.7. The molecule has 0 bridgehead atoms. The molecule has 0 aliphatic heterocycles. The summed E-state index contributed by atoms with van der Waals surface area (Å²) in [6.45, 7) is -0.0715. The quantitative estimate of drug-likeness (QED) is 0.557. The monoisotopic (exact) mass is 350 g/mol. The maximum absolute atomic E-state index is 12.2. The lowest BCUT2D eigenvalue weighted by atomic mass is 10.1. The van der Waals surface area contributed by atoms with E-state index in [2.05, 4.69) is 5.32 Å². The van der Waals surface area contributed by atoms with E-state index in [1.807, 2.05) is 30.3 Å². The summed E-state index contributed by atoms with van der Waals surface area (Å²) in [6, 6.07) is 13.3. The third-order valence-corrected chi connectivity index (χ3v) is 5.17. The average Bonchev–Trinajstić information content (AvgIpc) is 2.55. The molecule has 0 radical (unpaired) electrons. The van der Waals surface area contributed by atoms with E-state index in [9.17, 15) is 18.5 Å². The van der Waals surface area contributed by atoms with Crippen LogP contribution < -0.4 is 5.32 Å². The minimum atomic E-state index is -3.81. The normalized spacial score (nSPS) is 11.2. The molecule has 8 heteroatoms. The second-order valence-electron chi connectivity index (χ2n) is 5.14. The van der Waals surface area contributed by atoms with E-state index in [-0.39, 0.29) is 10.6 Å². The molecule has 0 unspecified atom stereocenters. The Kier molecular flexibility index (Phi) is 5.88. The predicted molar refractivity (Wildman–Crippen MR) is 90.9 cm³/mol. The molecule has 2 N–H and O–H groups in total. The van der Waals surface area contributed by atoms with E-state index < -0.39 is 27.1 Å². The van der Waals surface area contributed by atoms with Crippen LogP contribution in [0.4, 0.5) is 11.4 Å². The van der Waals surface area contributed by atoms with Gasteiger partial charge in [0, 0.05) is 18.7 Å². The number of nitro groups is 1. The minimum absolute atomic E-state index is 0.168. The first-order chi connectivity index (χ1) is 11.4. The SMILES string of the molecule is O=[N+]([O-])c1ccc(NCCc2ccccc2)c(S(=O)(=O)CCO)c1. The maximum Gasteiger partial charge on any atom is 0.270 e. The Balaban J connectivity index is 2.23. The molecular weight excluding hydrogens is 332 g/mol. The van der Waals surface area contributed by atoms with Crippen LogP contribution in [-0.2, 0) is 16.3 Å². The average molecular weight is 350 g/mol. The number of non-ortho nitro benzene ring substituents is 1. The van der Waals surface area contributed by atoms with Crippen molar-refractivity contribution in [2.75, 3.05) is 24.2 Å². The highest BCUT2D eigenvalue weighted by molar-refractivity contribution is 7.91. The van der Waals surface area contributed by atoms with Crippen molar-refractivity contribution in [3.8, 4) is 0 Å². The molecule has 24 heavy (non-hydrogen) atoms. The fourth-order valence-corrected chi connectivity index (χ4v) is 3.48. The number of anilines is 1. The molecule has 0 fully saturated rings. The fraction of sp³-hybridized carbons (Fsp3) is 0.250. The van der Waals surface area contributed by atoms with Crippen LogP contribution in [0.15, 0.2) is 53.4 Å². The van der Waals surface area contributed by atoms with Gasteiger partial charge in [-0.1, -0.05) is 30.3 Å². The summed E-state index contributed by atoms with van der Waals surface area (Å²) >= 11 is 0. The Labute approximate surface area is 140 Å². The predicted octanol–water partition coefficient (Wildman–Crippen LogP) is 2.02. The lowest BCUT2D eigenvalue weighted by Gasteiger charge is -2.12. The first-order valence-electron chi connectivity index (χ1n) is 7.34. The van der Waals surface area contributed by atoms with Crippen LogP contribution in [0.2, 0.25) is 0 Å². The van der Waals surface area contributed by atoms with Crippen molar-refractivity contribution in [3.05, 3.63) is 64.2 Å². The van der Waals surface area contributed by atoms with E-state index in [4.69, 9.17) is 5.11 Å². The van der Waals surface area contributed by atoms with Gasteiger partial charge < -0.3 is 10.4 Å². The number of aliphatic hydroxyl groups is 1. The Morgan fingerprint density at radius 3 is 2.46 bits per heavy atom. The number of hydrogen-bond donors (Lipinski definition) is 2. The summed E-state index contributed by atoms with van der Waals surface area (Å²) in [5.41, 5.74) is 1.08. The molecule has 0 spiro atoms. The van der Waals surface area contributed by atoms with Gasteiger partial charge in [-0.25, -0.2) is 8.42 Å². The van der Waals surface area contributed by atoms with Gasteiger partial charge in [0.05, 0.1) is 27.9 Å². The lowest BCUT2D eigenvalue weighted by molar-refractivity contribution is -0.385. The molecule has 2 aromatic rings. The van der Waals surface area contributed by atoms with Crippen molar-refractivity contribution in [3.63, 3.8) is 0 Å². The lowest BCUT2D eigenvalue weighted by Crippen LogP contribution is -2.14. The summed E-state index contributed by atoms with van der Waals surface area (Å²) < 4.78 is 24.5. The Bertz CT molecular complexity index is 806. The van der Waals surface area contributed by atoms with Gasteiger partial charge in [-0.05, 0) is 18.1 Å². The third-order valence-electron chi connectivity index (χ3n) is 3.44. The van der Waals surface area contributed by atoms with E-state index >= 15 is 0 Å². The molecule has 0 heterocycles. The number of nitro benzene ring substituents is 1. The van der Waals surface area contributed by atoms with Gasteiger partial charge in [0.2, 0.25) is 0 Å². The van der Waals surface area contributed by atoms with Gasteiger partial charge >= 0.3 is 0 Å². The Morgan fingerprint density at radius 1 is 1.12 bits per heavy atom. The van der Waals surface area contributed by atoms with Gasteiger partial charge in [-0.3, -0.25) is 10.1 Å². The number of sulfone groups is 1. The maximum atomic E-state index is 12.2.